The maximum absolute atomic E-state index is 12.4. The second-order valence-corrected chi connectivity index (χ2v) is 8.16. The van der Waals surface area contributed by atoms with Crippen LogP contribution in [0.2, 0.25) is 0 Å². The molecule has 0 saturated carbocycles. The molecule has 1 spiro atoms. The summed E-state index contributed by atoms with van der Waals surface area (Å²) in [5.41, 5.74) is -0.275. The van der Waals surface area contributed by atoms with Crippen LogP contribution in [0.1, 0.15) is 59.3 Å². The average Bonchev–Trinajstić information content (AvgIpc) is 2.87. The molecule has 146 valence electrons. The van der Waals surface area contributed by atoms with E-state index in [2.05, 4.69) is 10.6 Å². The van der Waals surface area contributed by atoms with Crippen LogP contribution < -0.4 is 10.6 Å². The Kier molecular flexibility index (Phi) is 6.78. The quantitative estimate of drug-likeness (QED) is 0.658. The van der Waals surface area contributed by atoms with E-state index in [1.165, 1.54) is 0 Å². The van der Waals surface area contributed by atoms with Gasteiger partial charge in [0.15, 0.2) is 0 Å². The summed E-state index contributed by atoms with van der Waals surface area (Å²) in [6.07, 6.45) is 4.36. The first-order valence-electron chi connectivity index (χ1n) is 9.57. The number of aldehydes is 1. The third-order valence-electron chi connectivity index (χ3n) is 5.56. The monoisotopic (exact) mass is 365 g/mol. The number of likely N-dealkylation sites (tertiary alicyclic amines) is 1. The van der Waals surface area contributed by atoms with Crippen LogP contribution in [0.3, 0.4) is 0 Å². The van der Waals surface area contributed by atoms with Crippen molar-refractivity contribution in [3.8, 4) is 0 Å². The molecule has 0 aromatic rings. The van der Waals surface area contributed by atoms with Crippen LogP contribution in [0.5, 0.6) is 0 Å². The molecule has 3 amide bonds. The molecule has 2 saturated heterocycles. The molecule has 0 aliphatic carbocycles. The van der Waals surface area contributed by atoms with E-state index >= 15 is 0 Å². The Morgan fingerprint density at radius 2 is 2.00 bits per heavy atom. The molecule has 26 heavy (non-hydrogen) atoms. The summed E-state index contributed by atoms with van der Waals surface area (Å²) in [5.74, 6) is 0.0188. The second-order valence-electron chi connectivity index (χ2n) is 8.16. The molecule has 2 N–H and O–H groups in total. The number of hydrogen-bond acceptors (Lipinski definition) is 4. The molecule has 0 radical (unpaired) electrons. The van der Waals surface area contributed by atoms with Gasteiger partial charge in [-0.05, 0) is 38.0 Å². The molecular formula is C19H31N3O4. The molecule has 2 aliphatic heterocycles. The molecule has 2 fully saturated rings. The van der Waals surface area contributed by atoms with Crippen molar-refractivity contribution in [2.24, 2.45) is 11.8 Å². The highest BCUT2D eigenvalue weighted by Gasteiger charge is 2.46. The number of carbonyl (C=O) groups is 4. The van der Waals surface area contributed by atoms with E-state index in [1.807, 2.05) is 13.8 Å². The highest BCUT2D eigenvalue weighted by Crippen LogP contribution is 2.36. The van der Waals surface area contributed by atoms with Crippen molar-refractivity contribution >= 4 is 24.0 Å². The zero-order valence-electron chi connectivity index (χ0n) is 16.0. The fraction of sp³-hybridized carbons (Fsp3) is 0.789. The molecule has 7 heteroatoms. The van der Waals surface area contributed by atoms with Gasteiger partial charge in [-0.1, -0.05) is 13.8 Å². The van der Waals surface area contributed by atoms with E-state index in [0.29, 0.717) is 38.3 Å². The Balaban J connectivity index is 1.87. The summed E-state index contributed by atoms with van der Waals surface area (Å²) in [6, 6.07) is -0.627. The molecule has 0 bridgehead atoms. The molecule has 0 aromatic carbocycles. The zero-order valence-corrected chi connectivity index (χ0v) is 16.0. The van der Waals surface area contributed by atoms with Crippen LogP contribution in [0, 0.1) is 11.8 Å². The lowest BCUT2D eigenvalue weighted by Gasteiger charge is -2.39. The highest BCUT2D eigenvalue weighted by atomic mass is 16.2. The number of piperidine rings is 1. The third-order valence-corrected chi connectivity index (χ3v) is 5.56. The molecule has 2 heterocycles. The minimum absolute atomic E-state index is 0.0513. The van der Waals surface area contributed by atoms with Gasteiger partial charge in [-0.25, -0.2) is 0 Å². The van der Waals surface area contributed by atoms with Crippen LogP contribution >= 0.6 is 0 Å². The van der Waals surface area contributed by atoms with Crippen molar-refractivity contribution in [1.29, 1.82) is 0 Å². The van der Waals surface area contributed by atoms with E-state index in [-0.39, 0.29) is 29.2 Å². The number of carbonyl (C=O) groups excluding carboxylic acids is 4. The number of rotatable bonds is 7. The van der Waals surface area contributed by atoms with Gasteiger partial charge < -0.3 is 20.3 Å². The van der Waals surface area contributed by atoms with Gasteiger partial charge in [-0.3, -0.25) is 14.4 Å². The standard InChI is InChI=1S/C19H31N3O4/c1-13(2)4-5-17(25)20-16(12-23)10-15-11-19(21-18(15)26)6-8-22(9-7-19)14(3)24/h12-13,15-16H,4-11H2,1-3H3,(H,20,25)(H,21,26)/t15?,16-/m0/s1. The average molecular weight is 365 g/mol. The van der Waals surface area contributed by atoms with E-state index in [4.69, 9.17) is 0 Å². The minimum Gasteiger partial charge on any atom is -0.350 e. The van der Waals surface area contributed by atoms with E-state index in [0.717, 1.165) is 25.5 Å². The van der Waals surface area contributed by atoms with E-state index in [9.17, 15) is 19.2 Å². The number of hydrogen-bond donors (Lipinski definition) is 2. The zero-order chi connectivity index (χ0) is 19.3. The molecule has 0 aromatic heterocycles. The lowest BCUT2D eigenvalue weighted by molar-refractivity contribution is -0.130. The van der Waals surface area contributed by atoms with Crippen molar-refractivity contribution in [2.45, 2.75) is 70.9 Å². The summed E-state index contributed by atoms with van der Waals surface area (Å²) < 4.78 is 0. The molecule has 2 aliphatic rings. The van der Waals surface area contributed by atoms with Gasteiger partial charge >= 0.3 is 0 Å². The summed E-state index contributed by atoms with van der Waals surface area (Å²) in [7, 11) is 0. The lowest BCUT2D eigenvalue weighted by atomic mass is 9.82. The Bertz CT molecular complexity index is 553. The van der Waals surface area contributed by atoms with Crippen molar-refractivity contribution in [1.82, 2.24) is 15.5 Å². The van der Waals surface area contributed by atoms with Crippen molar-refractivity contribution in [2.75, 3.05) is 13.1 Å². The Morgan fingerprint density at radius 1 is 1.35 bits per heavy atom. The predicted molar refractivity (Wildman–Crippen MR) is 97.2 cm³/mol. The first-order chi connectivity index (χ1) is 12.2. The van der Waals surface area contributed by atoms with Crippen molar-refractivity contribution in [3.63, 3.8) is 0 Å². The van der Waals surface area contributed by atoms with Crippen molar-refractivity contribution in [3.05, 3.63) is 0 Å². The normalized spacial score (nSPS) is 23.0. The Morgan fingerprint density at radius 3 is 2.54 bits per heavy atom. The molecular weight excluding hydrogens is 334 g/mol. The number of nitrogens with zero attached hydrogens (tertiary/aromatic N) is 1. The Labute approximate surface area is 155 Å². The summed E-state index contributed by atoms with van der Waals surface area (Å²) >= 11 is 0. The first kappa shape index (κ1) is 20.4. The van der Waals surface area contributed by atoms with Crippen LogP contribution in [-0.4, -0.2) is 53.6 Å². The highest BCUT2D eigenvalue weighted by molar-refractivity contribution is 5.84. The smallest absolute Gasteiger partial charge is 0.223 e. The molecule has 2 atom stereocenters. The number of nitrogens with one attached hydrogen (secondary N) is 2. The van der Waals surface area contributed by atoms with Crippen LogP contribution in [-0.2, 0) is 19.2 Å². The van der Waals surface area contributed by atoms with Crippen LogP contribution in [0.15, 0.2) is 0 Å². The molecule has 7 nitrogen and oxygen atoms in total. The van der Waals surface area contributed by atoms with Gasteiger partial charge in [-0.2, -0.15) is 0 Å². The van der Waals surface area contributed by atoms with E-state index in [1.54, 1.807) is 11.8 Å². The van der Waals surface area contributed by atoms with Gasteiger partial charge in [0.1, 0.15) is 6.29 Å². The largest absolute Gasteiger partial charge is 0.350 e. The Hall–Kier alpha value is -1.92. The topological polar surface area (TPSA) is 95.6 Å². The minimum atomic E-state index is -0.627. The van der Waals surface area contributed by atoms with Gasteiger partial charge in [0.25, 0.3) is 0 Å². The van der Waals surface area contributed by atoms with Gasteiger partial charge in [0.05, 0.1) is 6.04 Å². The van der Waals surface area contributed by atoms with Gasteiger partial charge in [-0.15, -0.1) is 0 Å². The maximum Gasteiger partial charge on any atom is 0.223 e. The summed E-state index contributed by atoms with van der Waals surface area (Å²) in [5, 5.41) is 5.84. The number of amides is 3. The van der Waals surface area contributed by atoms with Gasteiger partial charge in [0, 0.05) is 37.9 Å². The van der Waals surface area contributed by atoms with Crippen molar-refractivity contribution < 1.29 is 19.2 Å². The van der Waals surface area contributed by atoms with Crippen LogP contribution in [0.25, 0.3) is 0 Å². The summed E-state index contributed by atoms with van der Waals surface area (Å²) in [4.78, 5) is 49.0. The molecule has 2 rings (SSSR count). The summed E-state index contributed by atoms with van der Waals surface area (Å²) in [6.45, 7) is 6.94. The van der Waals surface area contributed by atoms with Crippen LogP contribution in [0.4, 0.5) is 0 Å². The maximum atomic E-state index is 12.4. The second kappa shape index (κ2) is 8.64. The van der Waals surface area contributed by atoms with Gasteiger partial charge in [0.2, 0.25) is 17.7 Å². The predicted octanol–water partition coefficient (Wildman–Crippen LogP) is 1.01. The fourth-order valence-electron chi connectivity index (χ4n) is 3.90. The van der Waals surface area contributed by atoms with E-state index < -0.39 is 6.04 Å². The molecule has 1 unspecified atom stereocenters. The SMILES string of the molecule is CC(=O)N1CCC2(CC1)CC(C[C@@H](C=O)NC(=O)CCC(C)C)C(=O)N2. The first-order valence-corrected chi connectivity index (χ1v) is 9.57. The third kappa shape index (κ3) is 5.29. The fourth-order valence-corrected chi connectivity index (χ4v) is 3.90. The lowest BCUT2D eigenvalue weighted by Crippen LogP contribution is -2.51.